The molecule has 1 amide bonds. The van der Waals surface area contributed by atoms with Gasteiger partial charge in [-0.15, -0.1) is 11.3 Å². The summed E-state index contributed by atoms with van der Waals surface area (Å²) in [5, 5.41) is 4.62. The first-order valence-electron chi connectivity index (χ1n) is 12.9. The van der Waals surface area contributed by atoms with Crippen molar-refractivity contribution < 1.29 is 4.79 Å². The number of pyridine rings is 1. The van der Waals surface area contributed by atoms with Crippen molar-refractivity contribution in [2.45, 2.75) is 52.1 Å². The van der Waals surface area contributed by atoms with Crippen LogP contribution in [0.5, 0.6) is 0 Å². The largest absolute Gasteiger partial charge is 0.349 e. The molecule has 1 saturated carbocycles. The molecule has 0 bridgehead atoms. The molecule has 2 aromatic carbocycles. The SMILES string of the molecule is Cc1nc2cc(-n3c(=O)n(CC4CCC(NC(=O)c5cc(Cl)cnc5C)CC4)c4ccccc43)ccc2s1. The third kappa shape index (κ3) is 4.63. The summed E-state index contributed by atoms with van der Waals surface area (Å²) in [5.41, 5.74) is 4.74. The number of amides is 1. The van der Waals surface area contributed by atoms with Gasteiger partial charge in [-0.3, -0.25) is 18.9 Å². The number of benzene rings is 2. The molecule has 0 unspecified atom stereocenters. The average Bonchev–Trinajstić information content (AvgIpc) is 3.42. The molecule has 0 spiro atoms. The van der Waals surface area contributed by atoms with E-state index in [1.54, 1.807) is 28.2 Å². The second-order valence-corrected chi connectivity index (χ2v) is 11.8. The Kier molecular flexibility index (Phi) is 6.53. The van der Waals surface area contributed by atoms with Crippen LogP contribution in [-0.2, 0) is 6.54 Å². The minimum Gasteiger partial charge on any atom is -0.349 e. The van der Waals surface area contributed by atoms with Gasteiger partial charge in [0, 0.05) is 18.8 Å². The number of hydrogen-bond acceptors (Lipinski definition) is 5. The number of thiazole rings is 1. The number of hydrogen-bond donors (Lipinski definition) is 1. The number of para-hydroxylation sites is 2. The maximum absolute atomic E-state index is 13.8. The maximum Gasteiger partial charge on any atom is 0.333 e. The lowest BCUT2D eigenvalue weighted by Gasteiger charge is -2.29. The van der Waals surface area contributed by atoms with Crippen LogP contribution in [-0.4, -0.2) is 31.1 Å². The first kappa shape index (κ1) is 24.8. The topological polar surface area (TPSA) is 81.8 Å². The fraction of sp³-hybridized carbons (Fsp3) is 0.310. The number of rotatable bonds is 5. The number of imidazole rings is 1. The van der Waals surface area contributed by atoms with Crippen molar-refractivity contribution in [1.82, 2.24) is 24.4 Å². The predicted octanol–water partition coefficient (Wildman–Crippen LogP) is 6.06. The lowest BCUT2D eigenvalue weighted by Crippen LogP contribution is -2.39. The number of nitrogens with one attached hydrogen (secondary N) is 1. The summed E-state index contributed by atoms with van der Waals surface area (Å²) in [6, 6.07) is 15.8. The molecule has 3 heterocycles. The van der Waals surface area contributed by atoms with Gasteiger partial charge in [-0.05, 0) is 81.8 Å². The molecule has 0 saturated heterocycles. The normalized spacial score (nSPS) is 17.8. The van der Waals surface area contributed by atoms with Crippen molar-refractivity contribution in [3.8, 4) is 5.69 Å². The molecule has 1 aliphatic rings. The third-order valence-electron chi connectivity index (χ3n) is 7.49. The Morgan fingerprint density at radius 1 is 1.08 bits per heavy atom. The highest BCUT2D eigenvalue weighted by molar-refractivity contribution is 7.18. The van der Waals surface area contributed by atoms with Crippen LogP contribution in [0.3, 0.4) is 0 Å². The van der Waals surface area contributed by atoms with Crippen LogP contribution in [0.1, 0.15) is 46.7 Å². The molecule has 0 aliphatic heterocycles. The molecule has 0 radical (unpaired) electrons. The smallest absolute Gasteiger partial charge is 0.333 e. The summed E-state index contributed by atoms with van der Waals surface area (Å²) in [4.78, 5) is 35.4. The molecule has 38 heavy (non-hydrogen) atoms. The minimum absolute atomic E-state index is 0.0307. The van der Waals surface area contributed by atoms with Crippen LogP contribution in [0, 0.1) is 19.8 Å². The maximum atomic E-state index is 13.8. The van der Waals surface area contributed by atoms with E-state index < -0.39 is 0 Å². The molecule has 6 rings (SSSR count). The van der Waals surface area contributed by atoms with E-state index in [9.17, 15) is 9.59 Å². The second kappa shape index (κ2) is 10.0. The highest BCUT2D eigenvalue weighted by Gasteiger charge is 2.26. The molecule has 3 aromatic heterocycles. The Bertz CT molecular complexity index is 1730. The quantitative estimate of drug-likeness (QED) is 0.291. The van der Waals surface area contributed by atoms with Crippen molar-refractivity contribution in [3.63, 3.8) is 0 Å². The van der Waals surface area contributed by atoms with Gasteiger partial charge in [0.2, 0.25) is 0 Å². The van der Waals surface area contributed by atoms with Crippen LogP contribution >= 0.6 is 22.9 Å². The van der Waals surface area contributed by atoms with Crippen molar-refractivity contribution >= 4 is 50.1 Å². The van der Waals surface area contributed by atoms with Gasteiger partial charge < -0.3 is 5.32 Å². The number of nitrogens with zero attached hydrogens (tertiary/aromatic N) is 4. The molecule has 194 valence electrons. The average molecular weight is 546 g/mol. The zero-order valence-electron chi connectivity index (χ0n) is 21.3. The molecule has 9 heteroatoms. The Morgan fingerprint density at radius 2 is 1.84 bits per heavy atom. The zero-order valence-corrected chi connectivity index (χ0v) is 22.9. The van der Waals surface area contributed by atoms with Gasteiger partial charge in [-0.1, -0.05) is 23.7 Å². The molecular weight excluding hydrogens is 518 g/mol. The molecule has 7 nitrogen and oxygen atoms in total. The number of aromatic nitrogens is 4. The Balaban J connectivity index is 1.20. The van der Waals surface area contributed by atoms with Crippen molar-refractivity contribution in [1.29, 1.82) is 0 Å². The van der Waals surface area contributed by atoms with E-state index >= 15 is 0 Å². The summed E-state index contributed by atoms with van der Waals surface area (Å²) in [5.74, 6) is 0.228. The lowest BCUT2D eigenvalue weighted by atomic mass is 9.85. The molecule has 1 aliphatic carbocycles. The number of carbonyl (C=O) groups excluding carboxylic acids is 1. The van der Waals surface area contributed by atoms with Gasteiger partial charge in [-0.2, -0.15) is 0 Å². The highest BCUT2D eigenvalue weighted by atomic mass is 35.5. The van der Waals surface area contributed by atoms with Gasteiger partial charge in [-0.25, -0.2) is 9.78 Å². The minimum atomic E-state index is -0.132. The van der Waals surface area contributed by atoms with Crippen LogP contribution < -0.4 is 11.0 Å². The Labute approximate surface area is 229 Å². The first-order valence-corrected chi connectivity index (χ1v) is 14.1. The summed E-state index contributed by atoms with van der Waals surface area (Å²) >= 11 is 7.70. The number of halogens is 1. The Hall–Kier alpha value is -3.49. The van der Waals surface area contributed by atoms with Gasteiger partial charge in [0.25, 0.3) is 5.91 Å². The summed E-state index contributed by atoms with van der Waals surface area (Å²) in [6.45, 7) is 4.47. The van der Waals surface area contributed by atoms with Crippen LogP contribution in [0.2, 0.25) is 5.02 Å². The van der Waals surface area contributed by atoms with E-state index in [2.05, 4.69) is 15.3 Å². The van der Waals surface area contributed by atoms with Gasteiger partial charge >= 0.3 is 5.69 Å². The van der Waals surface area contributed by atoms with E-state index in [0.29, 0.717) is 28.7 Å². The predicted molar refractivity (Wildman–Crippen MR) is 153 cm³/mol. The van der Waals surface area contributed by atoms with Crippen molar-refractivity contribution in [3.05, 3.63) is 86.5 Å². The third-order valence-corrected chi connectivity index (χ3v) is 8.65. The monoisotopic (exact) mass is 545 g/mol. The van der Waals surface area contributed by atoms with E-state index in [0.717, 1.165) is 57.6 Å². The van der Waals surface area contributed by atoms with Crippen molar-refractivity contribution in [2.75, 3.05) is 0 Å². The van der Waals surface area contributed by atoms with E-state index in [-0.39, 0.29) is 17.6 Å². The number of carbonyl (C=O) groups is 1. The zero-order chi connectivity index (χ0) is 26.4. The van der Waals surface area contributed by atoms with Gasteiger partial charge in [0.05, 0.1) is 48.2 Å². The molecule has 5 aromatic rings. The summed E-state index contributed by atoms with van der Waals surface area (Å²) in [6.07, 6.45) is 5.17. The molecule has 1 N–H and O–H groups in total. The molecule has 1 fully saturated rings. The lowest BCUT2D eigenvalue weighted by molar-refractivity contribution is 0.0919. The van der Waals surface area contributed by atoms with Crippen molar-refractivity contribution in [2.24, 2.45) is 5.92 Å². The second-order valence-electron chi connectivity index (χ2n) is 10.1. The van der Waals surface area contributed by atoms with E-state index in [4.69, 9.17) is 11.6 Å². The number of fused-ring (bicyclic) bond motifs is 2. The van der Waals surface area contributed by atoms with Crippen LogP contribution in [0.25, 0.3) is 26.9 Å². The summed E-state index contributed by atoms with van der Waals surface area (Å²) < 4.78 is 4.83. The van der Waals surface area contributed by atoms with Gasteiger partial charge in [0.1, 0.15) is 0 Å². The molecular formula is C29H28ClN5O2S. The van der Waals surface area contributed by atoms with Crippen LogP contribution in [0.4, 0.5) is 0 Å². The van der Waals surface area contributed by atoms with E-state index in [1.807, 2.05) is 60.9 Å². The summed E-state index contributed by atoms with van der Waals surface area (Å²) in [7, 11) is 0. The standard InChI is InChI=1S/C29H28ClN5O2S/c1-17-23(13-20(30)15-31-17)28(36)33-21-9-7-19(8-10-21)16-34-25-5-3-4-6-26(25)35(29(34)37)22-11-12-27-24(14-22)32-18(2)38-27/h3-6,11-15,19,21H,7-10,16H2,1-2H3,(H,33,36). The van der Waals surface area contributed by atoms with Gasteiger partial charge in [0.15, 0.2) is 0 Å². The number of aryl methyl sites for hydroxylation is 2. The fourth-order valence-electron chi connectivity index (χ4n) is 5.55. The van der Waals surface area contributed by atoms with E-state index in [1.165, 1.54) is 0 Å². The molecule has 0 atom stereocenters. The first-order chi connectivity index (χ1) is 18.4. The fourth-order valence-corrected chi connectivity index (χ4v) is 6.52. The highest BCUT2D eigenvalue weighted by Crippen LogP contribution is 2.29. The Morgan fingerprint density at radius 3 is 2.63 bits per heavy atom. The van der Waals surface area contributed by atoms with Crippen LogP contribution in [0.15, 0.2) is 59.5 Å².